The minimum Gasteiger partial charge on any atom is -0.506 e. The summed E-state index contributed by atoms with van der Waals surface area (Å²) < 4.78 is 0. The number of hydrazine groups is 1. The van der Waals surface area contributed by atoms with Crippen LogP contribution in [0.25, 0.3) is 10.9 Å². The Labute approximate surface area is 150 Å². The number of aromatic amines is 1. The molecule has 10 nitrogen and oxygen atoms in total. The van der Waals surface area contributed by atoms with Gasteiger partial charge in [0, 0.05) is 11.5 Å². The monoisotopic (exact) mass is 368 g/mol. The molecular weight excluding hydrogens is 356 g/mol. The zero-order valence-corrected chi connectivity index (χ0v) is 13.6. The number of aromatic hydroxyl groups is 1. The molecule has 0 aliphatic carbocycles. The second-order valence-corrected chi connectivity index (χ2v) is 5.41. The van der Waals surface area contributed by atoms with Crippen molar-refractivity contribution in [2.24, 2.45) is 0 Å². The molecule has 0 aliphatic heterocycles. The number of hydrogen-bond donors (Lipinski definition) is 4. The number of H-pyrrole nitrogens is 1. The number of hydrogen-bond acceptors (Lipinski definition) is 6. The summed E-state index contributed by atoms with van der Waals surface area (Å²) in [6.07, 6.45) is 0. The van der Waals surface area contributed by atoms with Gasteiger partial charge in [-0.25, -0.2) is 0 Å². The van der Waals surface area contributed by atoms with Gasteiger partial charge in [-0.1, -0.05) is 24.3 Å². The lowest BCUT2D eigenvalue weighted by atomic mass is 10.1. The van der Waals surface area contributed by atoms with E-state index in [1.165, 1.54) is 24.3 Å². The van der Waals surface area contributed by atoms with Gasteiger partial charge in [0.2, 0.25) is 0 Å². The number of benzene rings is 2. The summed E-state index contributed by atoms with van der Waals surface area (Å²) >= 11 is 0. The predicted octanol–water partition coefficient (Wildman–Crippen LogP) is 1.22. The first-order valence-corrected chi connectivity index (χ1v) is 7.58. The molecule has 0 atom stereocenters. The average Bonchev–Trinajstić information content (AvgIpc) is 2.66. The molecule has 136 valence electrons. The minimum atomic E-state index is -1.08. The van der Waals surface area contributed by atoms with Gasteiger partial charge in [-0.15, -0.1) is 0 Å². The van der Waals surface area contributed by atoms with E-state index < -0.39 is 39.3 Å². The van der Waals surface area contributed by atoms with Crippen LogP contribution in [0, 0.1) is 10.1 Å². The smallest absolute Gasteiger partial charge is 0.282 e. The molecule has 0 fully saturated rings. The van der Waals surface area contributed by atoms with Crippen molar-refractivity contribution in [1.29, 1.82) is 0 Å². The average molecular weight is 368 g/mol. The summed E-state index contributed by atoms with van der Waals surface area (Å²) in [6, 6.07) is 11.5. The Morgan fingerprint density at radius 1 is 1.00 bits per heavy atom. The number of carbonyl (C=O) groups excluding carboxylic acids is 2. The van der Waals surface area contributed by atoms with Crippen molar-refractivity contribution in [3.05, 3.63) is 80.1 Å². The lowest BCUT2D eigenvalue weighted by Gasteiger charge is -2.09. The maximum Gasteiger partial charge on any atom is 0.282 e. The van der Waals surface area contributed by atoms with Crippen LogP contribution in [-0.2, 0) is 0 Å². The van der Waals surface area contributed by atoms with E-state index >= 15 is 0 Å². The molecule has 2 amide bonds. The topological polar surface area (TPSA) is 154 Å². The van der Waals surface area contributed by atoms with Gasteiger partial charge in [0.15, 0.2) is 0 Å². The first kappa shape index (κ1) is 17.6. The number of aromatic nitrogens is 1. The summed E-state index contributed by atoms with van der Waals surface area (Å²) in [5, 5.41) is 21.4. The van der Waals surface area contributed by atoms with E-state index in [9.17, 15) is 29.6 Å². The van der Waals surface area contributed by atoms with Crippen LogP contribution in [0.2, 0.25) is 0 Å². The minimum absolute atomic E-state index is 0.243. The Hall–Kier alpha value is -4.21. The molecule has 0 aliphatic rings. The van der Waals surface area contributed by atoms with Gasteiger partial charge in [0.25, 0.3) is 23.1 Å². The third-order valence-corrected chi connectivity index (χ3v) is 3.76. The summed E-state index contributed by atoms with van der Waals surface area (Å²) in [4.78, 5) is 49.1. The van der Waals surface area contributed by atoms with Gasteiger partial charge in [0.05, 0.1) is 10.4 Å². The molecule has 0 saturated carbocycles. The predicted molar refractivity (Wildman–Crippen MR) is 94.3 cm³/mol. The van der Waals surface area contributed by atoms with E-state index in [1.54, 1.807) is 18.2 Å². The number of pyridine rings is 1. The normalized spacial score (nSPS) is 10.4. The highest BCUT2D eigenvalue weighted by atomic mass is 16.6. The van der Waals surface area contributed by atoms with E-state index in [0.29, 0.717) is 5.52 Å². The Morgan fingerprint density at radius 2 is 1.63 bits per heavy atom. The number of rotatable bonds is 3. The van der Waals surface area contributed by atoms with Crippen LogP contribution in [0.5, 0.6) is 5.75 Å². The first-order chi connectivity index (χ1) is 12.9. The SMILES string of the molecule is O=C(NNC(=O)c1c(O)c2ccccc2[nH]c1=O)c1ccccc1[N+](=O)[O-]. The fourth-order valence-electron chi connectivity index (χ4n) is 2.50. The second-order valence-electron chi connectivity index (χ2n) is 5.41. The van der Waals surface area contributed by atoms with Gasteiger partial charge in [0.1, 0.15) is 16.9 Å². The molecule has 0 unspecified atom stereocenters. The molecule has 0 bridgehead atoms. The Morgan fingerprint density at radius 3 is 2.37 bits per heavy atom. The molecule has 1 aromatic heterocycles. The number of fused-ring (bicyclic) bond motifs is 1. The number of nitro benzene ring substituents is 1. The summed E-state index contributed by atoms with van der Waals surface area (Å²) in [5.41, 5.74) is 2.11. The van der Waals surface area contributed by atoms with Crippen molar-refractivity contribution in [1.82, 2.24) is 15.8 Å². The zero-order chi connectivity index (χ0) is 19.6. The summed E-state index contributed by atoms with van der Waals surface area (Å²) in [7, 11) is 0. The summed E-state index contributed by atoms with van der Waals surface area (Å²) in [6.45, 7) is 0. The highest BCUT2D eigenvalue weighted by Gasteiger charge is 2.22. The van der Waals surface area contributed by atoms with Gasteiger partial charge in [-0.2, -0.15) is 0 Å². The van der Waals surface area contributed by atoms with E-state index in [4.69, 9.17) is 0 Å². The Bertz CT molecular complexity index is 1140. The van der Waals surface area contributed by atoms with Crippen LogP contribution < -0.4 is 16.4 Å². The van der Waals surface area contributed by atoms with Crippen molar-refractivity contribution in [2.45, 2.75) is 0 Å². The molecule has 4 N–H and O–H groups in total. The number of nitro groups is 1. The molecule has 3 rings (SSSR count). The zero-order valence-electron chi connectivity index (χ0n) is 13.6. The largest absolute Gasteiger partial charge is 0.506 e. The van der Waals surface area contributed by atoms with Gasteiger partial charge in [-0.3, -0.25) is 35.3 Å². The fraction of sp³-hybridized carbons (Fsp3) is 0. The first-order valence-electron chi connectivity index (χ1n) is 7.58. The molecule has 0 radical (unpaired) electrons. The van der Waals surface area contributed by atoms with E-state index in [0.717, 1.165) is 6.07 Å². The molecule has 3 aromatic rings. The number of carbonyl (C=O) groups is 2. The molecule has 0 spiro atoms. The van der Waals surface area contributed by atoms with Gasteiger partial charge < -0.3 is 10.1 Å². The van der Waals surface area contributed by atoms with Gasteiger partial charge in [-0.05, 0) is 18.2 Å². The third-order valence-electron chi connectivity index (χ3n) is 3.76. The van der Waals surface area contributed by atoms with Crippen LogP contribution in [0.3, 0.4) is 0 Å². The van der Waals surface area contributed by atoms with Crippen molar-refractivity contribution >= 4 is 28.4 Å². The lowest BCUT2D eigenvalue weighted by Crippen LogP contribution is -2.43. The van der Waals surface area contributed by atoms with E-state index in [1.807, 2.05) is 10.9 Å². The van der Waals surface area contributed by atoms with Crippen LogP contribution in [0.1, 0.15) is 20.7 Å². The highest BCUT2D eigenvalue weighted by Crippen LogP contribution is 2.24. The fourth-order valence-corrected chi connectivity index (χ4v) is 2.50. The number of nitrogens with one attached hydrogen (secondary N) is 3. The summed E-state index contributed by atoms with van der Waals surface area (Å²) in [5.74, 6) is -2.58. The van der Waals surface area contributed by atoms with Crippen LogP contribution >= 0.6 is 0 Å². The van der Waals surface area contributed by atoms with Crippen LogP contribution in [0.15, 0.2) is 53.3 Å². The van der Waals surface area contributed by atoms with Crippen molar-refractivity contribution in [2.75, 3.05) is 0 Å². The number of amides is 2. The van der Waals surface area contributed by atoms with Gasteiger partial charge >= 0.3 is 0 Å². The molecule has 27 heavy (non-hydrogen) atoms. The van der Waals surface area contributed by atoms with Crippen LogP contribution in [-0.4, -0.2) is 26.8 Å². The Balaban J connectivity index is 1.85. The standard InChI is InChI=1S/C17H12N4O6/c22-14-9-5-1-3-7-11(9)18-16(24)13(14)17(25)20-19-15(23)10-6-2-4-8-12(10)21(26)27/h1-8H,(H,19,23)(H,20,25)(H2,18,22,24). The maximum atomic E-state index is 12.2. The van der Waals surface area contributed by atoms with Crippen molar-refractivity contribution in [3.8, 4) is 5.75 Å². The Kier molecular flexibility index (Phi) is 4.54. The van der Waals surface area contributed by atoms with E-state index in [2.05, 4.69) is 4.98 Å². The second kappa shape index (κ2) is 6.96. The van der Waals surface area contributed by atoms with E-state index in [-0.39, 0.29) is 10.9 Å². The molecule has 2 aromatic carbocycles. The maximum absolute atomic E-state index is 12.2. The highest BCUT2D eigenvalue weighted by molar-refractivity contribution is 6.04. The van der Waals surface area contributed by atoms with Crippen LogP contribution in [0.4, 0.5) is 5.69 Å². The third kappa shape index (κ3) is 3.31. The quantitative estimate of drug-likeness (QED) is 0.402. The molecule has 10 heteroatoms. The lowest BCUT2D eigenvalue weighted by molar-refractivity contribution is -0.385. The number of para-hydroxylation sites is 2. The molecule has 0 saturated heterocycles. The molecule has 1 heterocycles. The van der Waals surface area contributed by atoms with Crippen molar-refractivity contribution < 1.29 is 19.6 Å². The number of nitrogens with zero attached hydrogens (tertiary/aromatic N) is 1. The van der Waals surface area contributed by atoms with Crippen molar-refractivity contribution in [3.63, 3.8) is 0 Å². The molecular formula is C17H12N4O6.